The van der Waals surface area contributed by atoms with Gasteiger partial charge in [0.1, 0.15) is 5.75 Å². The molecule has 0 saturated heterocycles. The zero-order chi connectivity index (χ0) is 15.2. The van der Waals surface area contributed by atoms with Gasteiger partial charge in [-0.05, 0) is 43.4 Å². The lowest BCUT2D eigenvalue weighted by molar-refractivity contribution is 0.419. The summed E-state index contributed by atoms with van der Waals surface area (Å²) < 4.78 is 0. The molecule has 0 aliphatic heterocycles. The predicted molar refractivity (Wildman–Crippen MR) is 90.9 cm³/mol. The quantitative estimate of drug-likeness (QED) is 0.743. The van der Waals surface area contributed by atoms with Gasteiger partial charge in [-0.25, -0.2) is 0 Å². The van der Waals surface area contributed by atoms with Gasteiger partial charge in [-0.15, -0.1) is 11.8 Å². The molecule has 0 bridgehead atoms. The summed E-state index contributed by atoms with van der Waals surface area (Å²) in [6.07, 6.45) is 3.02. The molecule has 2 nitrogen and oxygen atoms in total. The maximum Gasteiger partial charge on any atom is 0.120 e. The van der Waals surface area contributed by atoms with Gasteiger partial charge in [-0.1, -0.05) is 37.3 Å². The van der Waals surface area contributed by atoms with E-state index in [0.29, 0.717) is 5.75 Å². The van der Waals surface area contributed by atoms with Crippen molar-refractivity contribution in [1.82, 2.24) is 5.32 Å². The first-order valence-electron chi connectivity index (χ1n) is 7.33. The topological polar surface area (TPSA) is 32.3 Å². The van der Waals surface area contributed by atoms with Crippen molar-refractivity contribution < 1.29 is 5.11 Å². The summed E-state index contributed by atoms with van der Waals surface area (Å²) in [5.41, 5.74) is 2.23. The van der Waals surface area contributed by atoms with Crippen LogP contribution in [0.2, 0.25) is 0 Å². The number of hydrogen-bond donors (Lipinski definition) is 2. The van der Waals surface area contributed by atoms with Crippen molar-refractivity contribution >= 4 is 11.8 Å². The van der Waals surface area contributed by atoms with Crippen molar-refractivity contribution in [3.8, 4) is 5.75 Å². The molecule has 0 aliphatic rings. The molecule has 2 aromatic rings. The molecule has 0 amide bonds. The maximum absolute atomic E-state index is 10.0. The molecule has 0 aliphatic carbocycles. The van der Waals surface area contributed by atoms with E-state index in [0.717, 1.165) is 12.0 Å². The molecule has 2 rings (SSSR count). The van der Waals surface area contributed by atoms with Crippen molar-refractivity contribution in [2.75, 3.05) is 6.26 Å². The van der Waals surface area contributed by atoms with Crippen LogP contribution in [-0.4, -0.2) is 11.4 Å². The molecule has 3 heteroatoms. The Hall–Kier alpha value is -1.45. The van der Waals surface area contributed by atoms with Gasteiger partial charge >= 0.3 is 0 Å². The Morgan fingerprint density at radius 1 is 1.10 bits per heavy atom. The second kappa shape index (κ2) is 7.53. The average molecular weight is 301 g/mol. The Morgan fingerprint density at radius 2 is 1.76 bits per heavy atom. The van der Waals surface area contributed by atoms with Crippen LogP contribution >= 0.6 is 11.8 Å². The average Bonchev–Trinajstić information content (AvgIpc) is 2.53. The third-order valence-electron chi connectivity index (χ3n) is 3.79. The molecule has 0 aromatic heterocycles. The Morgan fingerprint density at radius 3 is 2.33 bits per heavy atom. The largest absolute Gasteiger partial charge is 0.508 e. The van der Waals surface area contributed by atoms with Crippen LogP contribution in [0.4, 0.5) is 0 Å². The summed E-state index contributed by atoms with van der Waals surface area (Å²) in [6, 6.07) is 16.6. The Balaban J connectivity index is 2.12. The SMILES string of the molecule is CCC(NC(C)c1ccc(SC)cc1)c1ccccc1O. The monoisotopic (exact) mass is 301 g/mol. The van der Waals surface area contributed by atoms with E-state index in [1.165, 1.54) is 10.5 Å². The van der Waals surface area contributed by atoms with E-state index in [-0.39, 0.29) is 12.1 Å². The first-order chi connectivity index (χ1) is 10.2. The third-order valence-corrected chi connectivity index (χ3v) is 4.53. The van der Waals surface area contributed by atoms with Gasteiger partial charge in [0.15, 0.2) is 0 Å². The van der Waals surface area contributed by atoms with Gasteiger partial charge in [0, 0.05) is 22.5 Å². The molecule has 112 valence electrons. The highest BCUT2D eigenvalue weighted by Gasteiger charge is 2.16. The zero-order valence-electron chi connectivity index (χ0n) is 12.8. The molecular formula is C18H23NOS. The van der Waals surface area contributed by atoms with Crippen molar-refractivity contribution in [2.24, 2.45) is 0 Å². The predicted octanol–water partition coefficient (Wildman–Crippen LogP) is 4.92. The van der Waals surface area contributed by atoms with Crippen molar-refractivity contribution in [2.45, 2.75) is 37.2 Å². The van der Waals surface area contributed by atoms with Crippen LogP contribution < -0.4 is 5.32 Å². The summed E-state index contributed by atoms with van der Waals surface area (Å²) in [4.78, 5) is 1.28. The molecule has 2 atom stereocenters. The van der Waals surface area contributed by atoms with Crippen LogP contribution in [0.3, 0.4) is 0 Å². The normalized spacial score (nSPS) is 13.9. The second-order valence-electron chi connectivity index (χ2n) is 5.18. The van der Waals surface area contributed by atoms with Crippen molar-refractivity contribution in [3.05, 3.63) is 59.7 Å². The molecule has 0 saturated carbocycles. The minimum atomic E-state index is 0.154. The number of para-hydroxylation sites is 1. The lowest BCUT2D eigenvalue weighted by atomic mass is 10.0. The summed E-state index contributed by atoms with van der Waals surface area (Å²) >= 11 is 1.75. The Labute approximate surface area is 131 Å². The van der Waals surface area contributed by atoms with Crippen LogP contribution in [0.1, 0.15) is 43.5 Å². The van der Waals surface area contributed by atoms with Gasteiger partial charge in [0.25, 0.3) is 0 Å². The van der Waals surface area contributed by atoms with E-state index in [2.05, 4.69) is 49.7 Å². The molecule has 2 N–H and O–H groups in total. The molecule has 2 unspecified atom stereocenters. The van der Waals surface area contributed by atoms with Gasteiger partial charge in [-0.3, -0.25) is 0 Å². The molecule has 0 heterocycles. The van der Waals surface area contributed by atoms with Crippen molar-refractivity contribution in [3.63, 3.8) is 0 Å². The fourth-order valence-corrected chi connectivity index (χ4v) is 2.91. The standard InChI is InChI=1S/C18H23NOS/c1-4-17(16-7-5-6-8-18(16)20)19-13(2)14-9-11-15(21-3)12-10-14/h5-13,17,19-20H,4H2,1-3H3. The number of benzene rings is 2. The minimum absolute atomic E-state index is 0.154. The number of rotatable bonds is 6. The Kier molecular flexibility index (Phi) is 5.71. The summed E-state index contributed by atoms with van der Waals surface area (Å²) in [5.74, 6) is 0.363. The lowest BCUT2D eigenvalue weighted by Gasteiger charge is -2.24. The highest BCUT2D eigenvalue weighted by Crippen LogP contribution is 2.28. The smallest absolute Gasteiger partial charge is 0.120 e. The lowest BCUT2D eigenvalue weighted by Crippen LogP contribution is -2.24. The molecule has 0 radical (unpaired) electrons. The second-order valence-corrected chi connectivity index (χ2v) is 6.06. The van der Waals surface area contributed by atoms with Crippen LogP contribution in [0, 0.1) is 0 Å². The van der Waals surface area contributed by atoms with Crippen LogP contribution in [0.25, 0.3) is 0 Å². The van der Waals surface area contributed by atoms with E-state index in [1.807, 2.05) is 18.2 Å². The minimum Gasteiger partial charge on any atom is -0.508 e. The molecule has 0 fully saturated rings. The fraction of sp³-hybridized carbons (Fsp3) is 0.333. The van der Waals surface area contributed by atoms with Gasteiger partial charge in [0.05, 0.1) is 0 Å². The Bertz CT molecular complexity index is 568. The summed E-state index contributed by atoms with van der Waals surface area (Å²) in [6.45, 7) is 4.30. The third kappa shape index (κ3) is 4.02. The molecule has 21 heavy (non-hydrogen) atoms. The summed E-state index contributed by atoms with van der Waals surface area (Å²) in [7, 11) is 0. The number of aromatic hydroxyl groups is 1. The first kappa shape index (κ1) is 15.9. The highest BCUT2D eigenvalue weighted by molar-refractivity contribution is 7.98. The van der Waals surface area contributed by atoms with E-state index in [9.17, 15) is 5.11 Å². The van der Waals surface area contributed by atoms with Crippen LogP contribution in [-0.2, 0) is 0 Å². The van der Waals surface area contributed by atoms with Crippen LogP contribution in [0.15, 0.2) is 53.4 Å². The van der Waals surface area contributed by atoms with Gasteiger partial charge < -0.3 is 10.4 Å². The zero-order valence-corrected chi connectivity index (χ0v) is 13.7. The number of hydrogen-bond acceptors (Lipinski definition) is 3. The van der Waals surface area contributed by atoms with Crippen LogP contribution in [0.5, 0.6) is 5.75 Å². The number of thioether (sulfide) groups is 1. The van der Waals surface area contributed by atoms with E-state index in [1.54, 1.807) is 17.8 Å². The van der Waals surface area contributed by atoms with E-state index in [4.69, 9.17) is 0 Å². The summed E-state index contributed by atoms with van der Waals surface area (Å²) in [5, 5.41) is 13.6. The molecule has 0 spiro atoms. The number of phenolic OH excluding ortho intramolecular Hbond substituents is 1. The molecule has 2 aromatic carbocycles. The van der Waals surface area contributed by atoms with E-state index >= 15 is 0 Å². The van der Waals surface area contributed by atoms with Gasteiger partial charge in [0.2, 0.25) is 0 Å². The molecular weight excluding hydrogens is 278 g/mol. The highest BCUT2D eigenvalue weighted by atomic mass is 32.2. The van der Waals surface area contributed by atoms with E-state index < -0.39 is 0 Å². The number of nitrogens with one attached hydrogen (secondary N) is 1. The number of phenols is 1. The van der Waals surface area contributed by atoms with Gasteiger partial charge in [-0.2, -0.15) is 0 Å². The maximum atomic E-state index is 10.0. The first-order valence-corrected chi connectivity index (χ1v) is 8.56. The van der Waals surface area contributed by atoms with Crippen molar-refractivity contribution in [1.29, 1.82) is 0 Å². The fourth-order valence-electron chi connectivity index (χ4n) is 2.50.